The van der Waals surface area contributed by atoms with Gasteiger partial charge in [0.15, 0.2) is 0 Å². The first kappa shape index (κ1) is 17.1. The van der Waals surface area contributed by atoms with Crippen molar-refractivity contribution >= 4 is 43.0 Å². The van der Waals surface area contributed by atoms with Crippen LogP contribution in [0.1, 0.15) is 0 Å². The van der Waals surface area contributed by atoms with Gasteiger partial charge in [0.1, 0.15) is 21.6 Å². The fraction of sp³-hybridized carbons (Fsp3) is 0. The Morgan fingerprint density at radius 1 is 0.778 bits per heavy atom. The van der Waals surface area contributed by atoms with E-state index in [0.717, 1.165) is 10.8 Å². The van der Waals surface area contributed by atoms with Crippen LogP contribution in [-0.2, 0) is 10.1 Å². The molecule has 27 heavy (non-hydrogen) atoms. The summed E-state index contributed by atoms with van der Waals surface area (Å²) in [7, 11) is -4.56. The summed E-state index contributed by atoms with van der Waals surface area (Å²) in [5, 5.41) is 21.1. The Morgan fingerprint density at radius 2 is 1.56 bits per heavy atom. The molecule has 0 atom stereocenters. The molecular formula is C20H13N2O4S-. The molecule has 0 aliphatic rings. The number of aromatic hydroxyl groups is 1. The second kappa shape index (κ2) is 6.46. The van der Waals surface area contributed by atoms with Crippen LogP contribution in [0.4, 0.5) is 11.4 Å². The highest BCUT2D eigenvalue weighted by Crippen LogP contribution is 2.36. The molecule has 0 saturated carbocycles. The Labute approximate surface area is 155 Å². The van der Waals surface area contributed by atoms with Crippen LogP contribution in [0.15, 0.2) is 87.9 Å². The third kappa shape index (κ3) is 3.25. The maximum atomic E-state index is 11.4. The second-order valence-corrected chi connectivity index (χ2v) is 7.32. The van der Waals surface area contributed by atoms with E-state index in [1.54, 1.807) is 30.3 Å². The first-order valence-corrected chi connectivity index (χ1v) is 9.45. The molecule has 7 heteroatoms. The summed E-state index contributed by atoms with van der Waals surface area (Å²) in [4.78, 5) is -0.268. The van der Waals surface area contributed by atoms with Gasteiger partial charge in [-0.05, 0) is 40.4 Å². The molecule has 0 amide bonds. The zero-order valence-electron chi connectivity index (χ0n) is 13.9. The Balaban J connectivity index is 1.80. The van der Waals surface area contributed by atoms with Crippen LogP contribution in [0, 0.1) is 0 Å². The number of hydrogen-bond acceptors (Lipinski definition) is 6. The van der Waals surface area contributed by atoms with Crippen LogP contribution < -0.4 is 0 Å². The van der Waals surface area contributed by atoms with Gasteiger partial charge in [-0.2, -0.15) is 5.11 Å². The summed E-state index contributed by atoms with van der Waals surface area (Å²) in [6.07, 6.45) is 0. The van der Waals surface area contributed by atoms with Crippen LogP contribution in [0.2, 0.25) is 0 Å². The summed E-state index contributed by atoms with van der Waals surface area (Å²) < 4.78 is 34.1. The third-order valence-electron chi connectivity index (χ3n) is 4.24. The molecule has 4 rings (SSSR count). The van der Waals surface area contributed by atoms with Gasteiger partial charge < -0.3 is 9.66 Å². The van der Waals surface area contributed by atoms with Gasteiger partial charge in [0.25, 0.3) is 0 Å². The van der Waals surface area contributed by atoms with Gasteiger partial charge >= 0.3 is 0 Å². The van der Waals surface area contributed by atoms with Crippen molar-refractivity contribution in [2.45, 2.75) is 4.90 Å². The molecule has 0 saturated heterocycles. The molecule has 6 nitrogen and oxygen atoms in total. The Kier molecular flexibility index (Phi) is 4.10. The van der Waals surface area contributed by atoms with E-state index in [-0.39, 0.29) is 10.6 Å². The van der Waals surface area contributed by atoms with Gasteiger partial charge in [0, 0.05) is 5.39 Å². The minimum absolute atomic E-state index is 0.0120. The van der Waals surface area contributed by atoms with Crippen molar-refractivity contribution in [1.29, 1.82) is 0 Å². The summed E-state index contributed by atoms with van der Waals surface area (Å²) >= 11 is 0. The van der Waals surface area contributed by atoms with Crippen molar-refractivity contribution in [3.63, 3.8) is 0 Å². The molecular weight excluding hydrogens is 364 g/mol. The summed E-state index contributed by atoms with van der Waals surface area (Å²) in [5.74, 6) is 0.0120. The quantitative estimate of drug-likeness (QED) is 0.400. The van der Waals surface area contributed by atoms with Crippen molar-refractivity contribution in [3.05, 3.63) is 72.8 Å². The molecule has 0 fully saturated rings. The van der Waals surface area contributed by atoms with Crippen molar-refractivity contribution < 1.29 is 18.1 Å². The molecule has 0 aromatic heterocycles. The van der Waals surface area contributed by atoms with Crippen molar-refractivity contribution in [2.75, 3.05) is 0 Å². The highest BCUT2D eigenvalue weighted by Gasteiger charge is 2.08. The summed E-state index contributed by atoms with van der Waals surface area (Å²) in [5.41, 5.74) is 0.819. The van der Waals surface area contributed by atoms with Crippen LogP contribution in [0.3, 0.4) is 0 Å². The average molecular weight is 377 g/mol. The number of nitrogens with zero attached hydrogens (tertiary/aromatic N) is 2. The minimum Gasteiger partial charge on any atom is -0.744 e. The zero-order chi connectivity index (χ0) is 19.0. The molecule has 4 aromatic carbocycles. The van der Waals surface area contributed by atoms with Gasteiger partial charge in [-0.1, -0.05) is 48.5 Å². The fourth-order valence-electron chi connectivity index (χ4n) is 2.98. The highest BCUT2D eigenvalue weighted by atomic mass is 32.2. The number of phenols is 1. The molecule has 0 heterocycles. The van der Waals surface area contributed by atoms with Crippen LogP contribution in [-0.4, -0.2) is 18.1 Å². The van der Waals surface area contributed by atoms with E-state index in [1.807, 2.05) is 24.3 Å². The summed E-state index contributed by atoms with van der Waals surface area (Å²) in [6, 6.07) is 20.1. The molecule has 1 N–H and O–H groups in total. The third-order valence-corrected chi connectivity index (χ3v) is 5.13. The van der Waals surface area contributed by atoms with Gasteiger partial charge in [0.2, 0.25) is 0 Å². The SMILES string of the molecule is O=S(=O)([O-])c1cccc2cc(N=Nc3c(O)ccc4ccccc34)ccc12. The van der Waals surface area contributed by atoms with E-state index in [4.69, 9.17) is 0 Å². The lowest BCUT2D eigenvalue weighted by atomic mass is 10.1. The molecule has 0 aliphatic carbocycles. The van der Waals surface area contributed by atoms with Crippen molar-refractivity contribution in [1.82, 2.24) is 0 Å². The number of hydrogen-bond donors (Lipinski definition) is 1. The van der Waals surface area contributed by atoms with E-state index in [0.29, 0.717) is 22.1 Å². The first-order chi connectivity index (χ1) is 12.9. The molecule has 0 spiro atoms. The van der Waals surface area contributed by atoms with Crippen LogP contribution in [0.25, 0.3) is 21.5 Å². The van der Waals surface area contributed by atoms with Gasteiger partial charge in [-0.25, -0.2) is 8.42 Å². The predicted octanol–water partition coefficient (Wildman–Crippen LogP) is 5.02. The monoisotopic (exact) mass is 377 g/mol. The lowest BCUT2D eigenvalue weighted by Gasteiger charge is -2.10. The first-order valence-electron chi connectivity index (χ1n) is 8.05. The smallest absolute Gasteiger partial charge is 0.143 e. The number of benzene rings is 4. The van der Waals surface area contributed by atoms with E-state index >= 15 is 0 Å². The fourth-order valence-corrected chi connectivity index (χ4v) is 3.68. The lowest BCUT2D eigenvalue weighted by Crippen LogP contribution is -1.99. The molecule has 4 aromatic rings. The second-order valence-electron chi connectivity index (χ2n) is 5.97. The Bertz CT molecular complexity index is 1310. The summed E-state index contributed by atoms with van der Waals surface area (Å²) in [6.45, 7) is 0. The average Bonchev–Trinajstić information content (AvgIpc) is 2.66. The van der Waals surface area contributed by atoms with E-state index in [9.17, 15) is 18.1 Å². The standard InChI is InChI=1S/C20H14N2O4S/c23-18-11-8-13-4-1-2-6-17(13)20(18)22-21-15-9-10-16-14(12-15)5-3-7-19(16)27(24,25)26/h1-12,23H,(H,24,25,26)/p-1. The topological polar surface area (TPSA) is 102 Å². The van der Waals surface area contributed by atoms with Gasteiger partial charge in [-0.3, -0.25) is 0 Å². The van der Waals surface area contributed by atoms with Gasteiger partial charge in [-0.15, -0.1) is 5.11 Å². The Hall–Kier alpha value is -3.29. The van der Waals surface area contributed by atoms with E-state index in [1.165, 1.54) is 18.2 Å². The van der Waals surface area contributed by atoms with Crippen molar-refractivity contribution in [2.24, 2.45) is 10.2 Å². The lowest BCUT2D eigenvalue weighted by molar-refractivity contribution is 0.464. The van der Waals surface area contributed by atoms with Crippen molar-refractivity contribution in [3.8, 4) is 5.75 Å². The molecule has 0 aliphatic heterocycles. The highest BCUT2D eigenvalue weighted by molar-refractivity contribution is 7.86. The number of fused-ring (bicyclic) bond motifs is 2. The van der Waals surface area contributed by atoms with E-state index < -0.39 is 10.1 Å². The predicted molar refractivity (Wildman–Crippen MR) is 102 cm³/mol. The molecule has 0 unspecified atom stereocenters. The van der Waals surface area contributed by atoms with Crippen LogP contribution in [0.5, 0.6) is 5.75 Å². The van der Waals surface area contributed by atoms with Crippen LogP contribution >= 0.6 is 0 Å². The number of rotatable bonds is 3. The minimum atomic E-state index is -4.56. The maximum Gasteiger partial charge on any atom is 0.143 e. The molecule has 0 bridgehead atoms. The normalized spacial score (nSPS) is 12.2. The number of phenolic OH excluding ortho intramolecular Hbond substituents is 1. The number of azo groups is 1. The zero-order valence-corrected chi connectivity index (χ0v) is 14.7. The molecule has 0 radical (unpaired) electrons. The van der Waals surface area contributed by atoms with E-state index in [2.05, 4.69) is 10.2 Å². The molecule has 134 valence electrons. The van der Waals surface area contributed by atoms with Gasteiger partial charge in [0.05, 0.1) is 10.6 Å². The Morgan fingerprint density at radius 3 is 2.37 bits per heavy atom. The maximum absolute atomic E-state index is 11.4. The largest absolute Gasteiger partial charge is 0.744 e.